The molecule has 1 aliphatic rings. The zero-order valence-electron chi connectivity index (χ0n) is 18.7. The Kier molecular flexibility index (Phi) is 7.70. The van der Waals surface area contributed by atoms with Gasteiger partial charge in [0.05, 0.1) is 23.0 Å². The van der Waals surface area contributed by atoms with Crippen molar-refractivity contribution in [3.8, 4) is 5.75 Å². The van der Waals surface area contributed by atoms with Crippen LogP contribution in [0.5, 0.6) is 5.75 Å². The molecule has 1 saturated heterocycles. The van der Waals surface area contributed by atoms with Crippen LogP contribution in [-0.4, -0.2) is 63.4 Å². The summed E-state index contributed by atoms with van der Waals surface area (Å²) in [6, 6.07) is 11.6. The van der Waals surface area contributed by atoms with E-state index >= 15 is 0 Å². The van der Waals surface area contributed by atoms with Gasteiger partial charge in [0.2, 0.25) is 10.0 Å². The number of nitrogens with one attached hydrogen (secondary N) is 1. The minimum atomic E-state index is -3.75. The standard InChI is InChI=1S/C22H30N4O5S/c1-24(2)22(17-8-7-9-18(14-17)31-3)16-23-20-11-10-19(15-21(20)26(27)28)32(29,30)25-12-5-4-6-13-25/h7-11,14-15,22-23H,4-6,12-13,16H2,1-3H3. The molecular weight excluding hydrogens is 432 g/mol. The molecule has 0 bridgehead atoms. The monoisotopic (exact) mass is 462 g/mol. The lowest BCUT2D eigenvalue weighted by atomic mass is 10.1. The number of anilines is 1. The van der Waals surface area contributed by atoms with Gasteiger partial charge < -0.3 is 15.0 Å². The van der Waals surface area contributed by atoms with Crippen molar-refractivity contribution in [1.82, 2.24) is 9.21 Å². The van der Waals surface area contributed by atoms with Gasteiger partial charge in [-0.15, -0.1) is 0 Å². The van der Waals surface area contributed by atoms with Crippen LogP contribution in [0.4, 0.5) is 11.4 Å². The van der Waals surface area contributed by atoms with E-state index < -0.39 is 14.9 Å². The molecule has 0 radical (unpaired) electrons. The number of methoxy groups -OCH3 is 1. The minimum Gasteiger partial charge on any atom is -0.497 e. The Balaban J connectivity index is 1.85. The molecule has 1 fully saturated rings. The number of nitrogens with zero attached hydrogens (tertiary/aromatic N) is 3. The van der Waals surface area contributed by atoms with Crippen molar-refractivity contribution in [3.63, 3.8) is 0 Å². The van der Waals surface area contributed by atoms with Gasteiger partial charge in [-0.2, -0.15) is 4.31 Å². The molecule has 9 nitrogen and oxygen atoms in total. The van der Waals surface area contributed by atoms with Crippen LogP contribution in [0.1, 0.15) is 30.9 Å². The number of nitro groups is 1. The van der Waals surface area contributed by atoms with Crippen molar-refractivity contribution in [2.24, 2.45) is 0 Å². The van der Waals surface area contributed by atoms with Gasteiger partial charge in [-0.25, -0.2) is 8.42 Å². The van der Waals surface area contributed by atoms with Crippen molar-refractivity contribution in [3.05, 3.63) is 58.1 Å². The van der Waals surface area contributed by atoms with Crippen molar-refractivity contribution >= 4 is 21.4 Å². The van der Waals surface area contributed by atoms with E-state index in [0.29, 0.717) is 19.6 Å². The van der Waals surface area contributed by atoms with Gasteiger partial charge in [0.25, 0.3) is 5.69 Å². The van der Waals surface area contributed by atoms with Crippen molar-refractivity contribution in [2.45, 2.75) is 30.2 Å². The molecule has 1 heterocycles. The van der Waals surface area contributed by atoms with E-state index in [1.807, 2.05) is 43.3 Å². The van der Waals surface area contributed by atoms with Crippen LogP contribution in [0.2, 0.25) is 0 Å². The van der Waals surface area contributed by atoms with Crippen molar-refractivity contribution < 1.29 is 18.1 Å². The molecule has 1 N–H and O–H groups in total. The van der Waals surface area contributed by atoms with Crippen molar-refractivity contribution in [2.75, 3.05) is 46.2 Å². The molecule has 0 aliphatic carbocycles. The molecule has 0 amide bonds. The lowest BCUT2D eigenvalue weighted by Crippen LogP contribution is -2.35. The fraction of sp³-hybridized carbons (Fsp3) is 0.455. The SMILES string of the molecule is COc1cccc(C(CNc2ccc(S(=O)(=O)N3CCCCC3)cc2[N+](=O)[O-])N(C)C)c1. The Bertz CT molecular complexity index is 1050. The Morgan fingerprint density at radius 3 is 2.50 bits per heavy atom. The third-order valence-electron chi connectivity index (χ3n) is 5.71. The summed E-state index contributed by atoms with van der Waals surface area (Å²) < 4.78 is 32.6. The Labute approximate surface area is 189 Å². The molecule has 2 aromatic rings. The van der Waals surface area contributed by atoms with E-state index in [1.165, 1.54) is 16.4 Å². The average Bonchev–Trinajstić information content (AvgIpc) is 2.79. The fourth-order valence-electron chi connectivity index (χ4n) is 3.88. The second-order valence-electron chi connectivity index (χ2n) is 8.04. The van der Waals surface area contributed by atoms with Crippen molar-refractivity contribution in [1.29, 1.82) is 0 Å². The lowest BCUT2D eigenvalue weighted by molar-refractivity contribution is -0.384. The highest BCUT2D eigenvalue weighted by molar-refractivity contribution is 7.89. The van der Waals surface area contributed by atoms with E-state index in [4.69, 9.17) is 4.74 Å². The smallest absolute Gasteiger partial charge is 0.293 e. The van der Waals surface area contributed by atoms with Gasteiger partial charge in [-0.1, -0.05) is 18.6 Å². The van der Waals surface area contributed by atoms with Crippen LogP contribution < -0.4 is 10.1 Å². The van der Waals surface area contributed by atoms with Crippen LogP contribution in [0.25, 0.3) is 0 Å². The number of likely N-dealkylation sites (N-methyl/N-ethyl adjacent to an activating group) is 1. The molecule has 1 aliphatic heterocycles. The molecule has 32 heavy (non-hydrogen) atoms. The van der Waals surface area contributed by atoms with Gasteiger partial charge in [0, 0.05) is 25.7 Å². The van der Waals surface area contributed by atoms with E-state index in [1.54, 1.807) is 7.11 Å². The highest BCUT2D eigenvalue weighted by atomic mass is 32.2. The molecule has 1 atom stereocenters. The highest BCUT2D eigenvalue weighted by Crippen LogP contribution is 2.31. The van der Waals surface area contributed by atoms with Gasteiger partial charge in [0.1, 0.15) is 11.4 Å². The van der Waals surface area contributed by atoms with E-state index in [2.05, 4.69) is 5.32 Å². The second kappa shape index (κ2) is 10.3. The summed E-state index contributed by atoms with van der Waals surface area (Å²) in [7, 11) is 1.70. The first-order valence-electron chi connectivity index (χ1n) is 10.6. The molecular formula is C22H30N4O5S. The number of rotatable bonds is 9. The molecule has 10 heteroatoms. The van der Waals surface area contributed by atoms with Crippen LogP contribution in [0.3, 0.4) is 0 Å². The summed E-state index contributed by atoms with van der Waals surface area (Å²) in [5, 5.41) is 14.9. The second-order valence-corrected chi connectivity index (χ2v) is 9.98. The quantitative estimate of drug-likeness (QED) is 0.449. The third-order valence-corrected chi connectivity index (χ3v) is 7.60. The first-order valence-corrected chi connectivity index (χ1v) is 12.0. The van der Waals surface area contributed by atoms with Crippen LogP contribution in [-0.2, 0) is 10.0 Å². The Morgan fingerprint density at radius 2 is 1.88 bits per heavy atom. The Hall–Kier alpha value is -2.69. The number of nitro benzene ring substituents is 1. The molecule has 0 saturated carbocycles. The van der Waals surface area contributed by atoms with E-state index in [-0.39, 0.29) is 22.3 Å². The average molecular weight is 463 g/mol. The number of benzene rings is 2. The van der Waals surface area contributed by atoms with Gasteiger partial charge in [0.15, 0.2) is 0 Å². The third kappa shape index (κ3) is 5.37. The predicted octanol–water partition coefficient (Wildman–Crippen LogP) is 3.49. The number of ether oxygens (including phenoxy) is 1. The highest BCUT2D eigenvalue weighted by Gasteiger charge is 2.28. The molecule has 1 unspecified atom stereocenters. The largest absolute Gasteiger partial charge is 0.497 e. The summed E-state index contributed by atoms with van der Waals surface area (Å²) >= 11 is 0. The predicted molar refractivity (Wildman–Crippen MR) is 124 cm³/mol. The maximum absolute atomic E-state index is 12.9. The molecule has 0 spiro atoms. The number of hydrogen-bond donors (Lipinski definition) is 1. The van der Waals surface area contributed by atoms with E-state index in [0.717, 1.165) is 36.6 Å². The van der Waals surface area contributed by atoms with Gasteiger partial charge in [-0.3, -0.25) is 10.1 Å². The maximum Gasteiger partial charge on any atom is 0.293 e. The van der Waals surface area contributed by atoms with Gasteiger partial charge in [-0.05, 0) is 56.8 Å². The number of piperidine rings is 1. The summed E-state index contributed by atoms with van der Waals surface area (Å²) in [6.45, 7) is 1.28. The molecule has 3 rings (SSSR count). The number of hydrogen-bond acceptors (Lipinski definition) is 7. The summed E-state index contributed by atoms with van der Waals surface area (Å²) in [5.74, 6) is 0.729. The lowest BCUT2D eigenvalue weighted by Gasteiger charge is -2.26. The minimum absolute atomic E-state index is 0.0476. The molecule has 174 valence electrons. The molecule has 0 aromatic heterocycles. The zero-order chi connectivity index (χ0) is 23.3. The first-order chi connectivity index (χ1) is 15.2. The Morgan fingerprint density at radius 1 is 1.16 bits per heavy atom. The normalized spacial score (nSPS) is 16.0. The van der Waals surface area contributed by atoms with Crippen LogP contribution in [0.15, 0.2) is 47.4 Å². The van der Waals surface area contributed by atoms with Crippen LogP contribution in [0, 0.1) is 10.1 Å². The van der Waals surface area contributed by atoms with E-state index in [9.17, 15) is 18.5 Å². The fourth-order valence-corrected chi connectivity index (χ4v) is 5.42. The molecule has 2 aromatic carbocycles. The van der Waals surface area contributed by atoms with Gasteiger partial charge >= 0.3 is 0 Å². The summed E-state index contributed by atoms with van der Waals surface area (Å²) in [4.78, 5) is 13.1. The van der Waals surface area contributed by atoms with Crippen LogP contribution >= 0.6 is 0 Å². The maximum atomic E-state index is 12.9. The zero-order valence-corrected chi connectivity index (χ0v) is 19.5. The topological polar surface area (TPSA) is 105 Å². The first kappa shape index (κ1) is 24.0. The number of sulfonamides is 1. The summed E-state index contributed by atoms with van der Waals surface area (Å²) in [5.41, 5.74) is 1.02. The summed E-state index contributed by atoms with van der Waals surface area (Å²) in [6.07, 6.45) is 2.60.